The third-order valence-corrected chi connectivity index (χ3v) is 4.60. The fourth-order valence-electron chi connectivity index (χ4n) is 2.34. The summed E-state index contributed by atoms with van der Waals surface area (Å²) in [6.45, 7) is 1.95. The number of amides is 1. The molecule has 0 N–H and O–H groups in total. The Morgan fingerprint density at radius 3 is 2.81 bits per heavy atom. The zero-order chi connectivity index (χ0) is 15.6. The van der Waals surface area contributed by atoms with Crippen LogP contribution in [-0.2, 0) is 20.4 Å². The fourth-order valence-corrected chi connectivity index (χ4v) is 3.66. The van der Waals surface area contributed by atoms with Gasteiger partial charge >= 0.3 is 0 Å². The second-order valence-electron chi connectivity index (χ2n) is 5.54. The number of carbonyl (C=O) groups excluding carboxylic acids is 1. The van der Waals surface area contributed by atoms with Crippen molar-refractivity contribution in [2.24, 2.45) is 5.92 Å². The fraction of sp³-hybridized carbons (Fsp3) is 0.667. The van der Waals surface area contributed by atoms with Crippen molar-refractivity contribution in [1.29, 1.82) is 0 Å². The maximum absolute atomic E-state index is 12.0. The SMILES string of the molecule is CN(C)CCn1cc(N2CC(CS(=O)(=O)Cl)CC2=O)cn1. The summed E-state index contributed by atoms with van der Waals surface area (Å²) in [6.07, 6.45) is 3.64. The second-order valence-corrected chi connectivity index (χ2v) is 8.37. The molecular weight excluding hydrogens is 316 g/mol. The number of hydrogen-bond donors (Lipinski definition) is 0. The van der Waals surface area contributed by atoms with Crippen molar-refractivity contribution in [2.75, 3.05) is 37.8 Å². The summed E-state index contributed by atoms with van der Waals surface area (Å²) in [5.41, 5.74) is 0.702. The predicted molar refractivity (Wildman–Crippen MR) is 80.9 cm³/mol. The Morgan fingerprint density at radius 1 is 1.48 bits per heavy atom. The van der Waals surface area contributed by atoms with Crippen molar-refractivity contribution in [3.63, 3.8) is 0 Å². The Hall–Kier alpha value is -1.12. The van der Waals surface area contributed by atoms with Crippen molar-refractivity contribution in [2.45, 2.75) is 13.0 Å². The van der Waals surface area contributed by atoms with Crippen LogP contribution in [0.4, 0.5) is 5.69 Å². The van der Waals surface area contributed by atoms with Gasteiger partial charge in [0.2, 0.25) is 15.0 Å². The zero-order valence-electron chi connectivity index (χ0n) is 12.1. The van der Waals surface area contributed by atoms with Crippen LogP contribution in [0.2, 0.25) is 0 Å². The van der Waals surface area contributed by atoms with Crippen LogP contribution in [0.25, 0.3) is 0 Å². The van der Waals surface area contributed by atoms with E-state index >= 15 is 0 Å². The van der Waals surface area contributed by atoms with E-state index in [1.807, 2.05) is 19.0 Å². The molecule has 1 aromatic heterocycles. The van der Waals surface area contributed by atoms with Crippen LogP contribution in [0, 0.1) is 5.92 Å². The van der Waals surface area contributed by atoms with Gasteiger partial charge in [0.15, 0.2) is 0 Å². The standard InChI is InChI=1S/C12H19ClN4O3S/c1-15(2)3-4-16-8-11(6-14-16)17-7-10(5-12(17)18)9-21(13,19)20/h6,8,10H,3-5,7,9H2,1-2H3. The van der Waals surface area contributed by atoms with E-state index in [4.69, 9.17) is 10.7 Å². The predicted octanol–water partition coefficient (Wildman–Crippen LogP) is 0.366. The topological polar surface area (TPSA) is 75.5 Å². The van der Waals surface area contributed by atoms with Gasteiger partial charge in [0, 0.05) is 42.3 Å². The highest BCUT2D eigenvalue weighted by Crippen LogP contribution is 2.26. The number of halogens is 1. The van der Waals surface area contributed by atoms with Crippen LogP contribution in [-0.4, -0.2) is 61.9 Å². The first-order chi connectivity index (χ1) is 9.74. The Bertz CT molecular complexity index is 614. The Labute approximate surface area is 128 Å². The minimum absolute atomic E-state index is 0.0903. The third-order valence-electron chi connectivity index (χ3n) is 3.35. The molecule has 2 rings (SSSR count). The number of aromatic nitrogens is 2. The van der Waals surface area contributed by atoms with E-state index in [0.29, 0.717) is 12.2 Å². The number of carbonyl (C=O) groups is 1. The molecule has 1 amide bonds. The molecule has 1 aliphatic rings. The second kappa shape index (κ2) is 6.33. The first-order valence-electron chi connectivity index (χ1n) is 6.64. The van der Waals surface area contributed by atoms with Crippen LogP contribution in [0.3, 0.4) is 0 Å². The van der Waals surface area contributed by atoms with Gasteiger partial charge in [-0.25, -0.2) is 8.42 Å². The summed E-state index contributed by atoms with van der Waals surface area (Å²) in [4.78, 5) is 15.6. The van der Waals surface area contributed by atoms with E-state index in [-0.39, 0.29) is 24.0 Å². The summed E-state index contributed by atoms with van der Waals surface area (Å²) in [5.74, 6) is -0.524. The van der Waals surface area contributed by atoms with E-state index in [9.17, 15) is 13.2 Å². The van der Waals surface area contributed by atoms with Gasteiger partial charge in [-0.2, -0.15) is 5.10 Å². The lowest BCUT2D eigenvalue weighted by Crippen LogP contribution is -2.25. The lowest BCUT2D eigenvalue weighted by molar-refractivity contribution is -0.117. The maximum Gasteiger partial charge on any atom is 0.232 e. The van der Waals surface area contributed by atoms with E-state index < -0.39 is 9.05 Å². The first-order valence-corrected chi connectivity index (χ1v) is 9.12. The molecule has 1 atom stereocenters. The molecule has 21 heavy (non-hydrogen) atoms. The maximum atomic E-state index is 12.0. The number of likely N-dealkylation sites (N-methyl/N-ethyl adjacent to an activating group) is 1. The van der Waals surface area contributed by atoms with Gasteiger partial charge in [0.25, 0.3) is 0 Å². The molecule has 0 aliphatic carbocycles. The zero-order valence-corrected chi connectivity index (χ0v) is 13.6. The van der Waals surface area contributed by atoms with E-state index in [0.717, 1.165) is 13.1 Å². The number of rotatable bonds is 6. The molecule has 1 aromatic rings. The largest absolute Gasteiger partial charge is 0.309 e. The minimum atomic E-state index is -3.58. The van der Waals surface area contributed by atoms with Crippen LogP contribution < -0.4 is 4.90 Å². The average molecular weight is 335 g/mol. The van der Waals surface area contributed by atoms with Crippen LogP contribution in [0.5, 0.6) is 0 Å². The van der Waals surface area contributed by atoms with Crippen LogP contribution >= 0.6 is 10.7 Å². The van der Waals surface area contributed by atoms with Crippen LogP contribution in [0.1, 0.15) is 6.42 Å². The number of nitrogens with zero attached hydrogens (tertiary/aromatic N) is 4. The van der Waals surface area contributed by atoms with Gasteiger partial charge in [0.1, 0.15) is 0 Å². The average Bonchev–Trinajstić information content (AvgIpc) is 2.91. The lowest BCUT2D eigenvalue weighted by atomic mass is 10.1. The monoisotopic (exact) mass is 334 g/mol. The molecule has 9 heteroatoms. The molecule has 1 aliphatic heterocycles. The molecule has 0 saturated carbocycles. The van der Waals surface area contributed by atoms with Crippen molar-refractivity contribution in [3.8, 4) is 0 Å². The van der Waals surface area contributed by atoms with Gasteiger partial charge < -0.3 is 9.80 Å². The highest BCUT2D eigenvalue weighted by atomic mass is 35.7. The van der Waals surface area contributed by atoms with Gasteiger partial charge in [-0.3, -0.25) is 9.48 Å². The summed E-state index contributed by atoms with van der Waals surface area (Å²) in [6, 6.07) is 0. The Balaban J connectivity index is 2.00. The minimum Gasteiger partial charge on any atom is -0.309 e. The third kappa shape index (κ3) is 4.69. The molecule has 0 aromatic carbocycles. The van der Waals surface area contributed by atoms with Gasteiger partial charge in [0.05, 0.1) is 24.2 Å². The van der Waals surface area contributed by atoms with Crippen molar-refractivity contribution >= 4 is 31.3 Å². The molecule has 0 bridgehead atoms. The summed E-state index contributed by atoms with van der Waals surface area (Å²) < 4.78 is 24.0. The van der Waals surface area contributed by atoms with Gasteiger partial charge in [-0.15, -0.1) is 0 Å². The van der Waals surface area contributed by atoms with E-state index in [2.05, 4.69) is 5.10 Å². The molecule has 0 radical (unpaired) electrons. The van der Waals surface area contributed by atoms with E-state index in [1.165, 1.54) is 0 Å². The lowest BCUT2D eigenvalue weighted by Gasteiger charge is -2.13. The normalized spacial score (nSPS) is 19.7. The highest BCUT2D eigenvalue weighted by molar-refractivity contribution is 8.13. The molecule has 2 heterocycles. The summed E-state index contributed by atoms with van der Waals surface area (Å²) in [7, 11) is 5.62. The molecule has 118 valence electrons. The Kier molecular flexibility index (Phi) is 4.90. The Morgan fingerprint density at radius 2 is 2.19 bits per heavy atom. The van der Waals surface area contributed by atoms with Crippen molar-refractivity contribution in [3.05, 3.63) is 12.4 Å². The quantitative estimate of drug-likeness (QED) is 0.702. The molecule has 1 saturated heterocycles. The van der Waals surface area contributed by atoms with E-state index in [1.54, 1.807) is 22.0 Å². The molecular formula is C12H19ClN4O3S. The molecule has 1 fully saturated rings. The smallest absolute Gasteiger partial charge is 0.232 e. The summed E-state index contributed by atoms with van der Waals surface area (Å²) >= 11 is 0. The highest BCUT2D eigenvalue weighted by Gasteiger charge is 2.33. The van der Waals surface area contributed by atoms with Crippen LogP contribution in [0.15, 0.2) is 12.4 Å². The van der Waals surface area contributed by atoms with Crippen molar-refractivity contribution < 1.29 is 13.2 Å². The number of anilines is 1. The molecule has 1 unspecified atom stereocenters. The van der Waals surface area contributed by atoms with Gasteiger partial charge in [-0.05, 0) is 14.1 Å². The van der Waals surface area contributed by atoms with Crippen molar-refractivity contribution in [1.82, 2.24) is 14.7 Å². The van der Waals surface area contributed by atoms with Gasteiger partial charge in [-0.1, -0.05) is 0 Å². The summed E-state index contributed by atoms with van der Waals surface area (Å²) in [5, 5.41) is 4.22. The molecule has 7 nitrogen and oxygen atoms in total. The number of hydrogen-bond acceptors (Lipinski definition) is 5. The first kappa shape index (κ1) is 16.3. The molecule has 0 spiro atoms.